The van der Waals surface area contributed by atoms with Gasteiger partial charge in [0, 0.05) is 24.6 Å². The number of hydrogen-bond donors (Lipinski definition) is 3. The predicted octanol–water partition coefficient (Wildman–Crippen LogP) is 2.30. The first-order chi connectivity index (χ1) is 11.5. The highest BCUT2D eigenvalue weighted by molar-refractivity contribution is 6.34. The van der Waals surface area contributed by atoms with Crippen LogP contribution in [0.2, 0.25) is 5.02 Å². The number of benzene rings is 1. The van der Waals surface area contributed by atoms with Crippen LogP contribution in [0.15, 0.2) is 42.7 Å². The van der Waals surface area contributed by atoms with Gasteiger partial charge in [-0.1, -0.05) is 11.6 Å². The fourth-order valence-electron chi connectivity index (χ4n) is 1.99. The lowest BCUT2D eigenvalue weighted by molar-refractivity contribution is 0.101. The van der Waals surface area contributed by atoms with Gasteiger partial charge in [0.05, 0.1) is 11.2 Å². The number of aryl methyl sites for hydroxylation is 1. The van der Waals surface area contributed by atoms with Crippen molar-refractivity contribution in [2.45, 2.75) is 0 Å². The highest BCUT2D eigenvalue weighted by atomic mass is 35.5. The molecule has 9 heteroatoms. The molecule has 122 valence electrons. The fraction of sp³-hybridized carbons (Fsp3) is 0.0667. The Morgan fingerprint density at radius 1 is 1.08 bits per heavy atom. The molecule has 2 amide bonds. The molecule has 0 unspecified atom stereocenters. The lowest BCUT2D eigenvalue weighted by Gasteiger charge is -2.06. The molecule has 1 aromatic carbocycles. The average molecular weight is 345 g/mol. The highest BCUT2D eigenvalue weighted by Gasteiger charge is 2.13. The van der Waals surface area contributed by atoms with Crippen molar-refractivity contribution in [1.82, 2.24) is 20.0 Å². The molecule has 2 aromatic heterocycles. The van der Waals surface area contributed by atoms with Crippen LogP contribution in [0.3, 0.4) is 0 Å². The van der Waals surface area contributed by atoms with Crippen LogP contribution in [-0.4, -0.2) is 31.8 Å². The molecule has 0 aliphatic rings. The van der Waals surface area contributed by atoms with Crippen molar-refractivity contribution in [1.29, 1.82) is 0 Å². The molecule has 0 radical (unpaired) electrons. The quantitative estimate of drug-likeness (QED) is 0.675. The second-order valence-electron chi connectivity index (χ2n) is 4.95. The molecule has 3 N–H and O–H groups in total. The molecule has 3 rings (SSSR count). The highest BCUT2D eigenvalue weighted by Crippen LogP contribution is 2.17. The second kappa shape index (κ2) is 6.55. The molecule has 2 heterocycles. The van der Waals surface area contributed by atoms with Crippen LogP contribution in [0.4, 0.5) is 11.4 Å². The molecular formula is C15H13ClN6O2. The Morgan fingerprint density at radius 3 is 2.21 bits per heavy atom. The van der Waals surface area contributed by atoms with Gasteiger partial charge in [0.1, 0.15) is 5.69 Å². The first-order valence-electron chi connectivity index (χ1n) is 6.94. The Bertz CT molecular complexity index is 884. The summed E-state index contributed by atoms with van der Waals surface area (Å²) in [6.45, 7) is 0. The van der Waals surface area contributed by atoms with Gasteiger partial charge in [0.25, 0.3) is 11.8 Å². The molecule has 0 saturated carbocycles. The van der Waals surface area contributed by atoms with Gasteiger partial charge in [-0.05, 0) is 30.3 Å². The summed E-state index contributed by atoms with van der Waals surface area (Å²) in [7, 11) is 1.74. The zero-order valence-corrected chi connectivity index (χ0v) is 13.3. The molecule has 0 spiro atoms. The number of rotatable bonds is 4. The van der Waals surface area contributed by atoms with Crippen LogP contribution >= 0.6 is 11.6 Å². The summed E-state index contributed by atoms with van der Waals surface area (Å²) in [6, 6.07) is 8.29. The summed E-state index contributed by atoms with van der Waals surface area (Å²) in [5.41, 5.74) is 1.65. The van der Waals surface area contributed by atoms with Crippen LogP contribution in [0.1, 0.15) is 21.0 Å². The van der Waals surface area contributed by atoms with E-state index in [9.17, 15) is 9.59 Å². The van der Waals surface area contributed by atoms with Crippen molar-refractivity contribution < 1.29 is 9.59 Å². The van der Waals surface area contributed by atoms with Gasteiger partial charge < -0.3 is 10.6 Å². The van der Waals surface area contributed by atoms with E-state index in [-0.39, 0.29) is 16.6 Å². The van der Waals surface area contributed by atoms with E-state index < -0.39 is 5.91 Å². The Kier molecular flexibility index (Phi) is 4.30. The molecule has 3 aromatic rings. The minimum atomic E-state index is -0.400. The molecule has 0 atom stereocenters. The maximum atomic E-state index is 12.0. The molecular weight excluding hydrogens is 332 g/mol. The van der Waals surface area contributed by atoms with Gasteiger partial charge in [-0.3, -0.25) is 19.4 Å². The van der Waals surface area contributed by atoms with Gasteiger partial charge >= 0.3 is 0 Å². The number of carbonyl (C=O) groups excluding carboxylic acids is 2. The SMILES string of the molecule is Cn1ccc(C(=O)Nc2ccc(NC(=O)c3[nH]ncc3Cl)cc2)n1. The minimum absolute atomic E-state index is 0.184. The summed E-state index contributed by atoms with van der Waals surface area (Å²) in [5.74, 6) is -0.709. The lowest BCUT2D eigenvalue weighted by atomic mass is 10.2. The van der Waals surface area contributed by atoms with E-state index in [1.54, 1.807) is 48.3 Å². The van der Waals surface area contributed by atoms with Gasteiger partial charge in [0.2, 0.25) is 0 Å². The topological polar surface area (TPSA) is 105 Å². The van der Waals surface area contributed by atoms with Crippen molar-refractivity contribution in [3.05, 3.63) is 59.1 Å². The lowest BCUT2D eigenvalue weighted by Crippen LogP contribution is -2.14. The van der Waals surface area contributed by atoms with E-state index in [2.05, 4.69) is 25.9 Å². The maximum absolute atomic E-state index is 12.0. The monoisotopic (exact) mass is 344 g/mol. The van der Waals surface area contributed by atoms with Gasteiger partial charge in [0.15, 0.2) is 5.69 Å². The van der Waals surface area contributed by atoms with E-state index in [1.165, 1.54) is 6.20 Å². The third-order valence-corrected chi connectivity index (χ3v) is 3.45. The van der Waals surface area contributed by atoms with Crippen LogP contribution in [0.25, 0.3) is 0 Å². The summed E-state index contributed by atoms with van der Waals surface area (Å²) in [5, 5.41) is 15.9. The molecule has 8 nitrogen and oxygen atoms in total. The zero-order valence-electron chi connectivity index (χ0n) is 12.6. The number of hydrogen-bond acceptors (Lipinski definition) is 4. The number of H-pyrrole nitrogens is 1. The van der Waals surface area contributed by atoms with Crippen LogP contribution in [0.5, 0.6) is 0 Å². The van der Waals surface area contributed by atoms with E-state index in [1.807, 2.05) is 0 Å². The Labute approximate surface area is 141 Å². The summed E-state index contributed by atoms with van der Waals surface area (Å²) in [4.78, 5) is 24.0. The number of aromatic amines is 1. The number of halogens is 1. The molecule has 0 saturated heterocycles. The third-order valence-electron chi connectivity index (χ3n) is 3.17. The van der Waals surface area contributed by atoms with E-state index in [4.69, 9.17) is 11.6 Å². The van der Waals surface area contributed by atoms with Gasteiger partial charge in [-0.25, -0.2) is 0 Å². The van der Waals surface area contributed by atoms with Gasteiger partial charge in [-0.2, -0.15) is 10.2 Å². The van der Waals surface area contributed by atoms with Crippen molar-refractivity contribution in [3.63, 3.8) is 0 Å². The summed E-state index contributed by atoms with van der Waals surface area (Å²) >= 11 is 5.83. The number of nitrogens with zero attached hydrogens (tertiary/aromatic N) is 3. The standard InChI is InChI=1S/C15H13ClN6O2/c1-22-7-6-12(21-22)14(23)18-9-2-4-10(5-3-9)19-15(24)13-11(16)8-17-20-13/h2-8H,1H3,(H,17,20)(H,18,23)(H,19,24). The normalized spacial score (nSPS) is 10.4. The molecule has 0 bridgehead atoms. The number of anilines is 2. The third kappa shape index (κ3) is 3.44. The van der Waals surface area contributed by atoms with Gasteiger partial charge in [-0.15, -0.1) is 0 Å². The average Bonchev–Trinajstić information content (AvgIpc) is 3.17. The molecule has 24 heavy (non-hydrogen) atoms. The number of nitrogens with one attached hydrogen (secondary N) is 3. The predicted molar refractivity (Wildman–Crippen MR) is 89.2 cm³/mol. The first-order valence-corrected chi connectivity index (χ1v) is 7.32. The number of carbonyl (C=O) groups is 2. The fourth-order valence-corrected chi connectivity index (χ4v) is 2.17. The molecule has 0 aliphatic carbocycles. The van der Waals surface area contributed by atoms with E-state index >= 15 is 0 Å². The van der Waals surface area contributed by atoms with Crippen molar-refractivity contribution in [2.75, 3.05) is 10.6 Å². The van der Waals surface area contributed by atoms with Crippen molar-refractivity contribution >= 4 is 34.8 Å². The van der Waals surface area contributed by atoms with E-state index in [0.717, 1.165) is 0 Å². The summed E-state index contributed by atoms with van der Waals surface area (Å²) in [6.07, 6.45) is 3.04. The van der Waals surface area contributed by atoms with Crippen LogP contribution in [-0.2, 0) is 7.05 Å². The Morgan fingerprint density at radius 2 is 1.71 bits per heavy atom. The maximum Gasteiger partial charge on any atom is 0.276 e. The van der Waals surface area contributed by atoms with Crippen molar-refractivity contribution in [3.8, 4) is 0 Å². The smallest absolute Gasteiger partial charge is 0.276 e. The van der Waals surface area contributed by atoms with Crippen LogP contribution < -0.4 is 10.6 Å². The summed E-state index contributed by atoms with van der Waals surface area (Å²) < 4.78 is 1.55. The van der Waals surface area contributed by atoms with Crippen molar-refractivity contribution in [2.24, 2.45) is 7.05 Å². The van der Waals surface area contributed by atoms with Crippen LogP contribution in [0, 0.1) is 0 Å². The zero-order chi connectivity index (χ0) is 17.1. The number of amides is 2. The molecule has 0 aliphatic heterocycles. The minimum Gasteiger partial charge on any atom is -0.321 e. The number of aromatic nitrogens is 4. The second-order valence-corrected chi connectivity index (χ2v) is 5.36. The Hall–Kier alpha value is -3.13. The van der Waals surface area contributed by atoms with E-state index in [0.29, 0.717) is 17.1 Å². The first kappa shape index (κ1) is 15.8. The largest absolute Gasteiger partial charge is 0.321 e. The molecule has 0 fully saturated rings. The Balaban J connectivity index is 1.64.